The van der Waals surface area contributed by atoms with Crippen LogP contribution in [0.2, 0.25) is 0 Å². The van der Waals surface area contributed by atoms with Crippen LogP contribution in [0.4, 0.5) is 4.39 Å². The lowest BCUT2D eigenvalue weighted by molar-refractivity contribution is -0.136. The zero-order valence-corrected chi connectivity index (χ0v) is 22.3. The van der Waals surface area contributed by atoms with Gasteiger partial charge in [-0.15, -0.1) is 0 Å². The zero-order valence-electron chi connectivity index (χ0n) is 22.3. The van der Waals surface area contributed by atoms with Crippen LogP contribution in [-0.2, 0) is 21.5 Å². The van der Waals surface area contributed by atoms with E-state index in [0.29, 0.717) is 0 Å². The van der Waals surface area contributed by atoms with Crippen LogP contribution in [0.25, 0.3) is 11.1 Å². The van der Waals surface area contributed by atoms with E-state index in [4.69, 9.17) is 9.84 Å². The molecular weight excluding hydrogens is 479 g/mol. The van der Waals surface area contributed by atoms with Crippen LogP contribution in [0.1, 0.15) is 69.4 Å². The number of pyridine rings is 1. The van der Waals surface area contributed by atoms with E-state index in [1.807, 2.05) is 24.5 Å². The van der Waals surface area contributed by atoms with Crippen molar-refractivity contribution in [2.24, 2.45) is 0 Å². The average Bonchev–Trinajstić information content (AvgIpc) is 3.39. The van der Waals surface area contributed by atoms with Crippen molar-refractivity contribution in [1.29, 1.82) is 0 Å². The molecule has 202 valence electrons. The van der Waals surface area contributed by atoms with Gasteiger partial charge in [0.05, 0.1) is 5.60 Å². The maximum atomic E-state index is 13.7. The van der Waals surface area contributed by atoms with Crippen molar-refractivity contribution in [3.63, 3.8) is 0 Å². The summed E-state index contributed by atoms with van der Waals surface area (Å²) in [7, 11) is 0. The molecule has 2 aliphatic rings. The minimum absolute atomic E-state index is 0.0145. The van der Waals surface area contributed by atoms with E-state index < -0.39 is 5.97 Å². The number of hydrogen-bond acceptors (Lipinski definition) is 4. The molecule has 2 fully saturated rings. The minimum Gasteiger partial charge on any atom is -0.481 e. The van der Waals surface area contributed by atoms with Crippen molar-refractivity contribution in [2.45, 2.75) is 75.9 Å². The van der Waals surface area contributed by atoms with E-state index in [9.17, 15) is 9.18 Å². The first-order valence-electron chi connectivity index (χ1n) is 13.8. The Kier molecular flexibility index (Phi) is 9.64. The number of ether oxygens (including phenoxy) is 1. The number of benzene rings is 2. The Bertz CT molecular complexity index is 1160. The molecule has 1 unspecified atom stereocenters. The molecule has 1 aromatic heterocycles. The molecule has 3 aromatic rings. The van der Waals surface area contributed by atoms with Crippen LogP contribution in [0.5, 0.6) is 0 Å². The first kappa shape index (κ1) is 27.9. The molecule has 1 saturated heterocycles. The van der Waals surface area contributed by atoms with Gasteiger partial charge in [0.1, 0.15) is 5.82 Å². The fourth-order valence-electron chi connectivity index (χ4n) is 6.01. The number of hydrogen-bond donors (Lipinski definition) is 2. The number of halogens is 1. The molecule has 5 rings (SSSR count). The molecular formula is C32H39FN2O3. The number of carboxylic acid groups (broad SMARTS) is 1. The summed E-state index contributed by atoms with van der Waals surface area (Å²) in [5.74, 6) is -0.910. The van der Waals surface area contributed by atoms with Crippen LogP contribution >= 0.6 is 0 Å². The Morgan fingerprint density at radius 1 is 1.03 bits per heavy atom. The number of carboxylic acids is 1. The van der Waals surface area contributed by atoms with Crippen molar-refractivity contribution in [3.05, 3.63) is 90.0 Å². The number of nitrogens with zero attached hydrogens (tertiary/aromatic N) is 1. The second-order valence-corrected chi connectivity index (χ2v) is 10.5. The highest BCUT2D eigenvalue weighted by Crippen LogP contribution is 2.50. The highest BCUT2D eigenvalue weighted by molar-refractivity contribution is 5.66. The molecule has 0 bridgehead atoms. The van der Waals surface area contributed by atoms with Crippen molar-refractivity contribution < 1.29 is 19.0 Å². The fourth-order valence-corrected chi connectivity index (χ4v) is 6.01. The maximum absolute atomic E-state index is 13.7. The average molecular weight is 519 g/mol. The van der Waals surface area contributed by atoms with E-state index in [1.54, 1.807) is 19.1 Å². The Hall–Kier alpha value is -3.09. The second kappa shape index (κ2) is 13.1. The summed E-state index contributed by atoms with van der Waals surface area (Å²) >= 11 is 0. The summed E-state index contributed by atoms with van der Waals surface area (Å²) in [6, 6.07) is 19.9. The van der Waals surface area contributed by atoms with Gasteiger partial charge in [0.25, 0.3) is 0 Å². The Morgan fingerprint density at radius 2 is 1.71 bits per heavy atom. The molecule has 5 nitrogen and oxygen atoms in total. The summed E-state index contributed by atoms with van der Waals surface area (Å²) < 4.78 is 20.1. The lowest BCUT2D eigenvalue weighted by Crippen LogP contribution is -2.47. The minimum atomic E-state index is -0.745. The molecule has 1 aliphatic heterocycles. The number of rotatable bonds is 8. The standard InChI is InChI=1S/C29H33FN2O.C3H6O2/c30-26-9-7-25(8-10-26)28(16-20-33-29(22-28)13-3-4-14-29)15-19-32-21-24-5-1-2-6-27(24)23-11-17-31-18-12-23;1-2-3(4)5/h1-2,5-12,17-18,32H,3-4,13-16,19-22H2;2H2,1H3,(H,4,5). The zero-order chi connectivity index (χ0) is 26.8. The molecule has 2 aromatic carbocycles. The first-order valence-corrected chi connectivity index (χ1v) is 13.8. The van der Waals surface area contributed by atoms with Gasteiger partial charge in [-0.2, -0.15) is 0 Å². The summed E-state index contributed by atoms with van der Waals surface area (Å²) in [4.78, 5) is 13.5. The molecule has 0 radical (unpaired) electrons. The van der Waals surface area contributed by atoms with Crippen molar-refractivity contribution in [3.8, 4) is 11.1 Å². The largest absolute Gasteiger partial charge is 0.481 e. The molecule has 38 heavy (non-hydrogen) atoms. The lowest BCUT2D eigenvalue weighted by Gasteiger charge is -2.47. The van der Waals surface area contributed by atoms with Crippen LogP contribution in [-0.4, -0.2) is 34.8 Å². The molecule has 1 aliphatic carbocycles. The summed E-state index contributed by atoms with van der Waals surface area (Å²) in [6.07, 6.45) is 11.8. The topological polar surface area (TPSA) is 71.5 Å². The Morgan fingerprint density at radius 3 is 2.39 bits per heavy atom. The first-order chi connectivity index (χ1) is 18.5. The predicted octanol–water partition coefficient (Wildman–Crippen LogP) is 6.91. The molecule has 2 N–H and O–H groups in total. The fraction of sp³-hybridized carbons (Fsp3) is 0.438. The monoisotopic (exact) mass is 518 g/mol. The van der Waals surface area contributed by atoms with Crippen LogP contribution in [0, 0.1) is 5.82 Å². The van der Waals surface area contributed by atoms with Gasteiger partial charge < -0.3 is 15.2 Å². The van der Waals surface area contributed by atoms with Gasteiger partial charge in [0.2, 0.25) is 0 Å². The number of nitrogens with one attached hydrogen (secondary N) is 1. The summed E-state index contributed by atoms with van der Waals surface area (Å²) in [5.41, 5.74) is 5.04. The highest BCUT2D eigenvalue weighted by atomic mass is 19.1. The van der Waals surface area contributed by atoms with E-state index >= 15 is 0 Å². The third-order valence-electron chi connectivity index (χ3n) is 8.03. The second-order valence-electron chi connectivity index (χ2n) is 10.5. The summed E-state index contributed by atoms with van der Waals surface area (Å²) in [6.45, 7) is 4.13. The van der Waals surface area contributed by atoms with E-state index in [2.05, 4.69) is 46.7 Å². The van der Waals surface area contributed by atoms with Gasteiger partial charge in [-0.05, 0) is 85.2 Å². The normalized spacial score (nSPS) is 20.1. The quantitative estimate of drug-likeness (QED) is 0.317. The predicted molar refractivity (Wildman–Crippen MR) is 148 cm³/mol. The third-order valence-corrected chi connectivity index (χ3v) is 8.03. The van der Waals surface area contributed by atoms with Gasteiger partial charge in [-0.25, -0.2) is 4.39 Å². The smallest absolute Gasteiger partial charge is 0.303 e. The van der Waals surface area contributed by atoms with Gasteiger partial charge in [0, 0.05) is 37.4 Å². The van der Waals surface area contributed by atoms with Crippen molar-refractivity contribution in [1.82, 2.24) is 10.3 Å². The molecule has 6 heteroatoms. The maximum Gasteiger partial charge on any atom is 0.303 e. The van der Waals surface area contributed by atoms with E-state index in [-0.39, 0.29) is 23.3 Å². The molecule has 1 atom stereocenters. The van der Waals surface area contributed by atoms with Crippen LogP contribution in [0.15, 0.2) is 73.1 Å². The number of aliphatic carboxylic acids is 1. The molecule has 2 heterocycles. The number of aromatic nitrogens is 1. The van der Waals surface area contributed by atoms with E-state index in [1.165, 1.54) is 35.1 Å². The van der Waals surface area contributed by atoms with Gasteiger partial charge in [-0.1, -0.05) is 56.2 Å². The van der Waals surface area contributed by atoms with Crippen LogP contribution < -0.4 is 5.32 Å². The van der Waals surface area contributed by atoms with Crippen molar-refractivity contribution >= 4 is 5.97 Å². The Balaban J connectivity index is 0.000000617. The van der Waals surface area contributed by atoms with Crippen molar-refractivity contribution in [2.75, 3.05) is 13.2 Å². The highest BCUT2D eigenvalue weighted by Gasteiger charge is 2.47. The number of carbonyl (C=O) groups is 1. The summed E-state index contributed by atoms with van der Waals surface area (Å²) in [5, 5.41) is 11.4. The van der Waals surface area contributed by atoms with Crippen LogP contribution in [0.3, 0.4) is 0 Å². The van der Waals surface area contributed by atoms with E-state index in [0.717, 1.165) is 51.8 Å². The van der Waals surface area contributed by atoms with Gasteiger partial charge in [0.15, 0.2) is 0 Å². The SMILES string of the molecule is CCC(=O)O.Fc1ccc(C2(CCNCc3ccccc3-c3ccncc3)CCOC3(CCCC3)C2)cc1. The third kappa shape index (κ3) is 7.06. The van der Waals surface area contributed by atoms with Gasteiger partial charge in [-0.3, -0.25) is 9.78 Å². The Labute approximate surface area is 225 Å². The molecule has 1 spiro atoms. The lowest BCUT2D eigenvalue weighted by atomic mass is 9.66. The van der Waals surface area contributed by atoms with Gasteiger partial charge >= 0.3 is 5.97 Å². The molecule has 0 amide bonds. The molecule has 1 saturated carbocycles.